The fourth-order valence-electron chi connectivity index (χ4n) is 2.68. The van der Waals surface area contributed by atoms with E-state index in [1.807, 2.05) is 39.0 Å². The van der Waals surface area contributed by atoms with E-state index in [0.29, 0.717) is 13.0 Å². The zero-order valence-corrected chi connectivity index (χ0v) is 15.1. The highest BCUT2D eigenvalue weighted by Gasteiger charge is 2.18. The van der Waals surface area contributed by atoms with Gasteiger partial charge in [-0.3, -0.25) is 4.79 Å². The normalized spacial score (nSPS) is 11.8. The van der Waals surface area contributed by atoms with Crippen molar-refractivity contribution in [2.24, 2.45) is 0 Å². The third-order valence-electron chi connectivity index (χ3n) is 4.12. The summed E-state index contributed by atoms with van der Waals surface area (Å²) >= 11 is 0. The topological polar surface area (TPSA) is 38.3 Å². The fraction of sp³-hybridized carbons (Fsp3) is 0.381. The quantitative estimate of drug-likeness (QED) is 0.724. The van der Waals surface area contributed by atoms with E-state index in [4.69, 9.17) is 4.74 Å². The molecule has 2 aromatic carbocycles. The molecule has 2 rings (SSSR count). The predicted molar refractivity (Wildman–Crippen MR) is 98.4 cm³/mol. The number of halogens is 1. The van der Waals surface area contributed by atoms with Crippen LogP contribution in [0.25, 0.3) is 0 Å². The summed E-state index contributed by atoms with van der Waals surface area (Å²) in [5, 5.41) is 2.93. The number of amides is 1. The molecule has 2 aromatic rings. The Kier molecular flexibility index (Phi) is 6.99. The first kappa shape index (κ1) is 19.0. The Bertz CT molecular complexity index is 698. The lowest BCUT2D eigenvalue weighted by molar-refractivity contribution is -0.128. The summed E-state index contributed by atoms with van der Waals surface area (Å²) in [5.74, 6) is 0.423. The van der Waals surface area contributed by atoms with E-state index in [2.05, 4.69) is 5.32 Å². The van der Waals surface area contributed by atoms with Gasteiger partial charge in [-0.2, -0.15) is 0 Å². The Morgan fingerprint density at radius 1 is 1.16 bits per heavy atom. The van der Waals surface area contributed by atoms with Crippen molar-refractivity contribution in [3.05, 3.63) is 65.0 Å². The van der Waals surface area contributed by atoms with Crippen LogP contribution < -0.4 is 10.1 Å². The Morgan fingerprint density at radius 2 is 1.88 bits per heavy atom. The van der Waals surface area contributed by atoms with Crippen LogP contribution in [0.1, 0.15) is 36.5 Å². The monoisotopic (exact) mass is 343 g/mol. The van der Waals surface area contributed by atoms with Crippen LogP contribution in [-0.2, 0) is 11.2 Å². The van der Waals surface area contributed by atoms with Crippen LogP contribution in [0.3, 0.4) is 0 Å². The van der Waals surface area contributed by atoms with Crippen LogP contribution >= 0.6 is 0 Å². The van der Waals surface area contributed by atoms with Gasteiger partial charge in [0.15, 0.2) is 6.10 Å². The summed E-state index contributed by atoms with van der Waals surface area (Å²) in [4.78, 5) is 12.3. The molecule has 0 heterocycles. The van der Waals surface area contributed by atoms with Crippen LogP contribution in [-0.4, -0.2) is 18.6 Å². The second-order valence-electron chi connectivity index (χ2n) is 6.30. The van der Waals surface area contributed by atoms with Gasteiger partial charge in [0, 0.05) is 6.54 Å². The second kappa shape index (κ2) is 9.21. The van der Waals surface area contributed by atoms with Gasteiger partial charge in [0.05, 0.1) is 0 Å². The number of ether oxygens (including phenoxy) is 1. The average Bonchev–Trinajstić information content (AvgIpc) is 2.59. The van der Waals surface area contributed by atoms with Gasteiger partial charge in [0.25, 0.3) is 5.91 Å². The first-order valence-corrected chi connectivity index (χ1v) is 8.75. The highest BCUT2D eigenvalue weighted by atomic mass is 19.1. The molecule has 0 fully saturated rings. The molecule has 0 saturated heterocycles. The first-order valence-electron chi connectivity index (χ1n) is 8.75. The molecule has 134 valence electrons. The van der Waals surface area contributed by atoms with Crippen molar-refractivity contribution in [3.8, 4) is 5.75 Å². The molecule has 0 aliphatic heterocycles. The van der Waals surface area contributed by atoms with Gasteiger partial charge in [-0.15, -0.1) is 0 Å². The number of aryl methyl sites for hydroxylation is 3. The van der Waals surface area contributed by atoms with E-state index in [1.165, 1.54) is 17.7 Å². The maximum absolute atomic E-state index is 12.9. The van der Waals surface area contributed by atoms with E-state index in [-0.39, 0.29) is 11.7 Å². The van der Waals surface area contributed by atoms with Gasteiger partial charge in [0.2, 0.25) is 0 Å². The van der Waals surface area contributed by atoms with Gasteiger partial charge in [0.1, 0.15) is 11.6 Å². The number of carbonyl (C=O) groups is 1. The maximum atomic E-state index is 12.9. The molecule has 3 nitrogen and oxygen atoms in total. The molecule has 1 atom stereocenters. The third-order valence-corrected chi connectivity index (χ3v) is 4.12. The van der Waals surface area contributed by atoms with Crippen molar-refractivity contribution >= 4 is 5.91 Å². The molecule has 1 N–H and O–H groups in total. The third kappa shape index (κ3) is 5.89. The lowest BCUT2D eigenvalue weighted by Gasteiger charge is -2.19. The molecule has 25 heavy (non-hydrogen) atoms. The highest BCUT2D eigenvalue weighted by Crippen LogP contribution is 2.20. The molecule has 0 aromatic heterocycles. The minimum absolute atomic E-state index is 0.0958. The van der Waals surface area contributed by atoms with E-state index >= 15 is 0 Å². The fourth-order valence-corrected chi connectivity index (χ4v) is 2.68. The van der Waals surface area contributed by atoms with Crippen LogP contribution in [0, 0.1) is 19.7 Å². The van der Waals surface area contributed by atoms with Gasteiger partial charge < -0.3 is 10.1 Å². The molecule has 0 aliphatic rings. The lowest BCUT2D eigenvalue weighted by Crippen LogP contribution is -2.38. The zero-order valence-electron chi connectivity index (χ0n) is 15.1. The summed E-state index contributed by atoms with van der Waals surface area (Å²) < 4.78 is 18.8. The summed E-state index contributed by atoms with van der Waals surface area (Å²) in [6.07, 6.45) is 1.72. The van der Waals surface area contributed by atoms with Crippen molar-refractivity contribution < 1.29 is 13.9 Å². The molecule has 4 heteroatoms. The molecular formula is C21H26FNO2. The summed E-state index contributed by atoms with van der Waals surface area (Å²) in [6, 6.07) is 12.4. The number of nitrogens with one attached hydrogen (secondary N) is 1. The average molecular weight is 343 g/mol. The Hall–Kier alpha value is -2.36. The smallest absolute Gasteiger partial charge is 0.261 e. The van der Waals surface area contributed by atoms with Gasteiger partial charge in [-0.1, -0.05) is 36.8 Å². The highest BCUT2D eigenvalue weighted by molar-refractivity contribution is 5.81. The summed E-state index contributed by atoms with van der Waals surface area (Å²) in [7, 11) is 0. The van der Waals surface area contributed by atoms with Crippen LogP contribution in [0.5, 0.6) is 5.75 Å². The summed E-state index contributed by atoms with van der Waals surface area (Å²) in [5.41, 5.74) is 3.26. The molecule has 1 amide bonds. The molecular weight excluding hydrogens is 317 g/mol. The SMILES string of the molecule is CC[C@@H](Oc1ccc(C)cc1C)C(=O)NCCCc1ccc(F)cc1. The van der Waals surface area contributed by atoms with Gasteiger partial charge in [-0.05, 0) is 62.4 Å². The van der Waals surface area contributed by atoms with Crippen molar-refractivity contribution in [1.82, 2.24) is 5.32 Å². The second-order valence-corrected chi connectivity index (χ2v) is 6.30. The van der Waals surface area contributed by atoms with Crippen LogP contribution in [0.15, 0.2) is 42.5 Å². The number of rotatable bonds is 8. The zero-order chi connectivity index (χ0) is 18.2. The van der Waals surface area contributed by atoms with Crippen molar-refractivity contribution in [2.75, 3.05) is 6.54 Å². The van der Waals surface area contributed by atoms with Crippen LogP contribution in [0.2, 0.25) is 0 Å². The first-order chi connectivity index (χ1) is 12.0. The Balaban J connectivity index is 1.80. The van der Waals surface area contributed by atoms with Gasteiger partial charge in [-0.25, -0.2) is 4.39 Å². The molecule has 0 radical (unpaired) electrons. The minimum Gasteiger partial charge on any atom is -0.480 e. The van der Waals surface area contributed by atoms with Crippen molar-refractivity contribution in [3.63, 3.8) is 0 Å². The van der Waals surface area contributed by atoms with Crippen molar-refractivity contribution in [1.29, 1.82) is 0 Å². The number of hydrogen-bond acceptors (Lipinski definition) is 2. The number of benzene rings is 2. The van der Waals surface area contributed by atoms with Crippen molar-refractivity contribution in [2.45, 2.75) is 46.1 Å². The van der Waals surface area contributed by atoms with E-state index in [1.54, 1.807) is 12.1 Å². The van der Waals surface area contributed by atoms with E-state index in [9.17, 15) is 9.18 Å². The molecule has 0 saturated carbocycles. The molecule has 0 spiro atoms. The standard InChI is InChI=1S/C21H26FNO2/c1-4-19(25-20-12-7-15(2)14-16(20)3)21(24)23-13-5-6-17-8-10-18(22)11-9-17/h7-12,14,19H,4-6,13H2,1-3H3,(H,23,24)/t19-/m1/s1. The Labute approximate surface area is 149 Å². The van der Waals surface area contributed by atoms with E-state index < -0.39 is 6.10 Å². The van der Waals surface area contributed by atoms with Gasteiger partial charge >= 0.3 is 0 Å². The van der Waals surface area contributed by atoms with Crippen LogP contribution in [0.4, 0.5) is 4.39 Å². The molecule has 0 unspecified atom stereocenters. The largest absolute Gasteiger partial charge is 0.480 e. The molecule has 0 bridgehead atoms. The maximum Gasteiger partial charge on any atom is 0.261 e. The Morgan fingerprint density at radius 3 is 2.52 bits per heavy atom. The lowest BCUT2D eigenvalue weighted by atomic mass is 10.1. The predicted octanol–water partition coefficient (Wildman–Crippen LogP) is 4.35. The van der Waals surface area contributed by atoms with E-state index in [0.717, 1.165) is 29.7 Å². The molecule has 0 aliphatic carbocycles. The number of carbonyl (C=O) groups excluding carboxylic acids is 1. The minimum atomic E-state index is -0.493. The number of hydrogen-bond donors (Lipinski definition) is 1. The summed E-state index contributed by atoms with van der Waals surface area (Å²) in [6.45, 7) is 6.52.